The van der Waals surface area contributed by atoms with Crippen molar-refractivity contribution in [1.82, 2.24) is 5.32 Å². The Balaban J connectivity index is 2.03. The molecule has 0 aliphatic carbocycles. The topological polar surface area (TPSA) is 38.0 Å². The molecule has 13 heavy (non-hydrogen) atoms. The molecule has 0 radical (unpaired) electrons. The molecule has 1 saturated heterocycles. The average Bonchev–Trinajstić information content (AvgIpc) is 2.17. The molecule has 0 aromatic carbocycles. The van der Waals surface area contributed by atoms with Crippen molar-refractivity contribution in [1.29, 1.82) is 0 Å². The van der Waals surface area contributed by atoms with E-state index in [1.165, 1.54) is 31.6 Å². The van der Waals surface area contributed by atoms with E-state index < -0.39 is 0 Å². The number of nitrogens with one attached hydrogen (secondary N) is 1. The average molecular weight is 202 g/mol. The van der Waals surface area contributed by atoms with E-state index in [0.29, 0.717) is 6.04 Å². The number of hydrogen-bond acceptors (Lipinski definition) is 3. The van der Waals surface area contributed by atoms with Crippen LogP contribution in [0.2, 0.25) is 0 Å². The highest BCUT2D eigenvalue weighted by Crippen LogP contribution is 2.24. The molecule has 0 aromatic rings. The van der Waals surface area contributed by atoms with Crippen LogP contribution in [0.3, 0.4) is 0 Å². The molecule has 2 unspecified atom stereocenters. The van der Waals surface area contributed by atoms with Crippen molar-refractivity contribution in [2.75, 3.05) is 18.8 Å². The lowest BCUT2D eigenvalue weighted by Crippen LogP contribution is -2.34. The van der Waals surface area contributed by atoms with Gasteiger partial charge in [0, 0.05) is 17.8 Å². The quantitative estimate of drug-likeness (QED) is 0.711. The lowest BCUT2D eigenvalue weighted by Gasteiger charge is -2.23. The van der Waals surface area contributed by atoms with Gasteiger partial charge in [-0.15, -0.1) is 0 Å². The molecule has 3 N–H and O–H groups in total. The van der Waals surface area contributed by atoms with Crippen LogP contribution in [-0.4, -0.2) is 30.1 Å². The van der Waals surface area contributed by atoms with Crippen LogP contribution in [0.4, 0.5) is 0 Å². The summed E-state index contributed by atoms with van der Waals surface area (Å²) in [7, 11) is 0. The molecule has 2 nitrogen and oxygen atoms in total. The van der Waals surface area contributed by atoms with E-state index in [0.717, 1.165) is 18.2 Å². The van der Waals surface area contributed by atoms with E-state index in [9.17, 15) is 0 Å². The van der Waals surface area contributed by atoms with Crippen LogP contribution < -0.4 is 11.1 Å². The molecular weight excluding hydrogens is 180 g/mol. The second-order valence-corrected chi connectivity index (χ2v) is 5.28. The van der Waals surface area contributed by atoms with Gasteiger partial charge in [0.15, 0.2) is 0 Å². The molecule has 2 atom stereocenters. The van der Waals surface area contributed by atoms with Gasteiger partial charge in [-0.25, -0.2) is 0 Å². The minimum atomic E-state index is 0.590. The fraction of sp³-hybridized carbons (Fsp3) is 1.00. The van der Waals surface area contributed by atoms with Crippen LogP contribution in [0.5, 0.6) is 0 Å². The van der Waals surface area contributed by atoms with Crippen LogP contribution in [0.15, 0.2) is 0 Å². The highest BCUT2D eigenvalue weighted by Gasteiger charge is 2.13. The second-order valence-electron chi connectivity index (χ2n) is 3.88. The van der Waals surface area contributed by atoms with Crippen molar-refractivity contribution in [3.63, 3.8) is 0 Å². The lowest BCUT2D eigenvalue weighted by molar-refractivity contribution is 0.501. The van der Waals surface area contributed by atoms with Crippen LogP contribution in [-0.2, 0) is 0 Å². The van der Waals surface area contributed by atoms with Crippen LogP contribution in [0.1, 0.15) is 32.6 Å². The summed E-state index contributed by atoms with van der Waals surface area (Å²) in [6, 6.07) is 0.590. The first kappa shape index (κ1) is 11.3. The normalized spacial score (nSPS) is 25.8. The van der Waals surface area contributed by atoms with Gasteiger partial charge in [-0.3, -0.25) is 0 Å². The maximum absolute atomic E-state index is 5.49. The Morgan fingerprint density at radius 1 is 1.54 bits per heavy atom. The minimum absolute atomic E-state index is 0.590. The Morgan fingerprint density at radius 2 is 2.38 bits per heavy atom. The zero-order valence-corrected chi connectivity index (χ0v) is 9.41. The molecule has 1 fully saturated rings. The summed E-state index contributed by atoms with van der Waals surface area (Å²) in [6.45, 7) is 4.19. The summed E-state index contributed by atoms with van der Waals surface area (Å²) in [5, 5.41) is 4.41. The number of thioether (sulfide) groups is 1. The summed E-state index contributed by atoms with van der Waals surface area (Å²) < 4.78 is 0. The van der Waals surface area contributed by atoms with Gasteiger partial charge in [0.2, 0.25) is 0 Å². The van der Waals surface area contributed by atoms with Crippen molar-refractivity contribution in [3.8, 4) is 0 Å². The fourth-order valence-electron chi connectivity index (χ4n) is 1.65. The monoisotopic (exact) mass is 202 g/mol. The van der Waals surface area contributed by atoms with Gasteiger partial charge < -0.3 is 11.1 Å². The van der Waals surface area contributed by atoms with Gasteiger partial charge >= 0.3 is 0 Å². The predicted molar refractivity (Wildman–Crippen MR) is 61.2 cm³/mol. The SMILES string of the molecule is CC(CCN)NCC1CCCCS1. The zero-order valence-electron chi connectivity index (χ0n) is 8.59. The molecule has 0 spiro atoms. The maximum atomic E-state index is 5.49. The molecule has 1 aliphatic heterocycles. The van der Waals surface area contributed by atoms with Gasteiger partial charge in [0.25, 0.3) is 0 Å². The maximum Gasteiger partial charge on any atom is 0.0172 e. The standard InChI is InChI=1S/C10H22N2S/c1-9(5-6-11)12-8-10-4-2-3-7-13-10/h9-10,12H,2-8,11H2,1H3. The van der Waals surface area contributed by atoms with Crippen LogP contribution in [0.25, 0.3) is 0 Å². The summed E-state index contributed by atoms with van der Waals surface area (Å²) >= 11 is 2.13. The van der Waals surface area contributed by atoms with Crippen LogP contribution >= 0.6 is 11.8 Å². The summed E-state index contributed by atoms with van der Waals surface area (Å²) in [6.07, 6.45) is 5.33. The Morgan fingerprint density at radius 3 is 3.00 bits per heavy atom. The third-order valence-corrected chi connectivity index (χ3v) is 3.97. The van der Waals surface area contributed by atoms with Crippen molar-refractivity contribution in [2.45, 2.75) is 43.9 Å². The van der Waals surface area contributed by atoms with Gasteiger partial charge in [-0.05, 0) is 38.5 Å². The third-order valence-electron chi connectivity index (χ3n) is 2.57. The van der Waals surface area contributed by atoms with E-state index in [2.05, 4.69) is 24.0 Å². The van der Waals surface area contributed by atoms with Crippen molar-refractivity contribution in [2.24, 2.45) is 5.73 Å². The predicted octanol–water partition coefficient (Wildman–Crippen LogP) is 1.60. The Kier molecular flexibility index (Phi) is 5.83. The first-order valence-electron chi connectivity index (χ1n) is 5.38. The molecule has 3 heteroatoms. The third kappa shape index (κ3) is 4.89. The highest BCUT2D eigenvalue weighted by molar-refractivity contribution is 7.99. The van der Waals surface area contributed by atoms with E-state index in [4.69, 9.17) is 5.73 Å². The molecule has 1 heterocycles. The van der Waals surface area contributed by atoms with E-state index in [-0.39, 0.29) is 0 Å². The molecule has 0 aromatic heterocycles. The van der Waals surface area contributed by atoms with Gasteiger partial charge in [0.05, 0.1) is 0 Å². The van der Waals surface area contributed by atoms with Gasteiger partial charge in [0.1, 0.15) is 0 Å². The molecule has 0 amide bonds. The van der Waals surface area contributed by atoms with Crippen molar-refractivity contribution >= 4 is 11.8 Å². The molecule has 1 rings (SSSR count). The van der Waals surface area contributed by atoms with E-state index >= 15 is 0 Å². The Labute approximate surface area is 86.0 Å². The molecular formula is C10H22N2S. The van der Waals surface area contributed by atoms with Crippen LogP contribution in [0, 0.1) is 0 Å². The molecule has 1 aliphatic rings. The first-order valence-corrected chi connectivity index (χ1v) is 6.43. The number of rotatable bonds is 5. The largest absolute Gasteiger partial charge is 0.330 e. The molecule has 0 bridgehead atoms. The van der Waals surface area contributed by atoms with E-state index in [1.807, 2.05) is 0 Å². The zero-order chi connectivity index (χ0) is 9.52. The number of nitrogens with two attached hydrogens (primary N) is 1. The van der Waals surface area contributed by atoms with Gasteiger partial charge in [-0.2, -0.15) is 11.8 Å². The minimum Gasteiger partial charge on any atom is -0.330 e. The fourth-order valence-corrected chi connectivity index (χ4v) is 2.90. The summed E-state index contributed by atoms with van der Waals surface area (Å²) in [4.78, 5) is 0. The molecule has 0 saturated carbocycles. The van der Waals surface area contributed by atoms with E-state index in [1.54, 1.807) is 0 Å². The summed E-state index contributed by atoms with van der Waals surface area (Å²) in [5.41, 5.74) is 5.49. The first-order chi connectivity index (χ1) is 6.33. The summed E-state index contributed by atoms with van der Waals surface area (Å²) in [5.74, 6) is 1.36. The Bertz CT molecular complexity index is 124. The number of hydrogen-bond donors (Lipinski definition) is 2. The van der Waals surface area contributed by atoms with Gasteiger partial charge in [-0.1, -0.05) is 6.42 Å². The van der Waals surface area contributed by atoms with Crippen molar-refractivity contribution < 1.29 is 0 Å². The second kappa shape index (κ2) is 6.68. The smallest absolute Gasteiger partial charge is 0.0172 e. The highest BCUT2D eigenvalue weighted by atomic mass is 32.2. The Hall–Kier alpha value is 0.270. The van der Waals surface area contributed by atoms with Crippen molar-refractivity contribution in [3.05, 3.63) is 0 Å². The molecule has 78 valence electrons. The lowest BCUT2D eigenvalue weighted by atomic mass is 10.1.